The second kappa shape index (κ2) is 6.80. The molecule has 3 rings (SSSR count). The minimum atomic E-state index is -0.189. The highest BCUT2D eigenvalue weighted by Gasteiger charge is 2.26. The van der Waals surface area contributed by atoms with Gasteiger partial charge in [-0.3, -0.25) is 4.79 Å². The summed E-state index contributed by atoms with van der Waals surface area (Å²) in [4.78, 5) is 16.5. The first-order chi connectivity index (χ1) is 11.3. The first kappa shape index (κ1) is 15.5. The minimum absolute atomic E-state index is 0.164. The number of carbonyl (C=O) groups excluding carboxylic acids is 1. The van der Waals surface area contributed by atoms with Gasteiger partial charge in [-0.2, -0.15) is 0 Å². The van der Waals surface area contributed by atoms with E-state index in [4.69, 9.17) is 0 Å². The normalized spacial score (nSPS) is 12.4. The van der Waals surface area contributed by atoms with Crippen LogP contribution in [0.1, 0.15) is 41.4 Å². The van der Waals surface area contributed by atoms with Crippen molar-refractivity contribution < 1.29 is 10.1 Å². The fourth-order valence-electron chi connectivity index (χ4n) is 3.17. The average Bonchev–Trinajstić information content (AvgIpc) is 3.04. The molecule has 0 amide bonds. The van der Waals surface area contributed by atoms with Gasteiger partial charge in [-0.05, 0) is 18.9 Å². The lowest BCUT2D eigenvalue weighted by molar-refractivity contribution is -0.678. The maximum absolute atomic E-state index is 13.2. The van der Waals surface area contributed by atoms with E-state index in [1.807, 2.05) is 48.7 Å². The van der Waals surface area contributed by atoms with Crippen molar-refractivity contribution in [3.63, 3.8) is 0 Å². The Balaban J connectivity index is 2.04. The van der Waals surface area contributed by atoms with Crippen molar-refractivity contribution in [2.45, 2.75) is 26.3 Å². The number of nitrogens with one attached hydrogen (secondary N) is 1. The molecule has 118 valence electrons. The summed E-state index contributed by atoms with van der Waals surface area (Å²) in [5.41, 5.74) is 4.17. The number of fused-ring (bicyclic) bond motifs is 1. The third-order valence-corrected chi connectivity index (χ3v) is 4.36. The average molecular weight is 307 g/mol. The number of para-hydroxylation sites is 1. The summed E-state index contributed by atoms with van der Waals surface area (Å²) < 4.78 is 0. The van der Waals surface area contributed by atoms with Gasteiger partial charge < -0.3 is 10.3 Å². The number of carbonyl (C=O) groups is 1. The Morgan fingerprint density at radius 3 is 2.57 bits per heavy atom. The van der Waals surface area contributed by atoms with Gasteiger partial charge in [0.1, 0.15) is 0 Å². The van der Waals surface area contributed by atoms with E-state index in [9.17, 15) is 4.79 Å². The molecule has 23 heavy (non-hydrogen) atoms. The molecule has 0 aliphatic rings. The van der Waals surface area contributed by atoms with E-state index in [1.165, 1.54) is 5.56 Å². The molecular weight excluding hydrogens is 284 g/mol. The van der Waals surface area contributed by atoms with E-state index < -0.39 is 0 Å². The van der Waals surface area contributed by atoms with Gasteiger partial charge in [-0.25, -0.2) is 0 Å². The lowest BCUT2D eigenvalue weighted by atomic mass is 9.96. The van der Waals surface area contributed by atoms with Gasteiger partial charge in [0.15, 0.2) is 6.04 Å². The molecule has 0 radical (unpaired) electrons. The molecule has 1 heterocycles. The summed E-state index contributed by atoms with van der Waals surface area (Å²) in [6.07, 6.45) is 2.82. The summed E-state index contributed by atoms with van der Waals surface area (Å²) in [6, 6.07) is 16.0. The number of quaternary nitrogens is 1. The molecule has 0 bridgehead atoms. The smallest absolute Gasteiger partial charge is 0.226 e. The van der Waals surface area contributed by atoms with Crippen LogP contribution in [0, 0.1) is 0 Å². The highest BCUT2D eigenvalue weighted by molar-refractivity contribution is 6.10. The van der Waals surface area contributed by atoms with Gasteiger partial charge in [0, 0.05) is 28.2 Å². The zero-order valence-electron chi connectivity index (χ0n) is 13.7. The van der Waals surface area contributed by atoms with Crippen LogP contribution in [-0.4, -0.2) is 17.3 Å². The third-order valence-electron chi connectivity index (χ3n) is 4.36. The van der Waals surface area contributed by atoms with E-state index in [1.54, 1.807) is 0 Å². The highest BCUT2D eigenvalue weighted by atomic mass is 16.1. The second-order valence-corrected chi connectivity index (χ2v) is 5.79. The minimum Gasteiger partial charge on any atom is -0.360 e. The maximum Gasteiger partial charge on any atom is 0.226 e. The van der Waals surface area contributed by atoms with Crippen LogP contribution in [0.2, 0.25) is 0 Å². The first-order valence-corrected chi connectivity index (χ1v) is 8.27. The van der Waals surface area contributed by atoms with Crippen LogP contribution in [0.4, 0.5) is 0 Å². The molecule has 0 spiro atoms. The van der Waals surface area contributed by atoms with Crippen LogP contribution >= 0.6 is 0 Å². The number of H-pyrrole nitrogens is 1. The number of Topliss-reactive ketones (excluding diaryl/α,β-unsaturated/α-hetero) is 1. The van der Waals surface area contributed by atoms with Crippen LogP contribution in [0.5, 0.6) is 0 Å². The van der Waals surface area contributed by atoms with Gasteiger partial charge in [0.2, 0.25) is 5.78 Å². The Hall–Kier alpha value is -2.39. The largest absolute Gasteiger partial charge is 0.360 e. The standard InChI is InChI=1S/C20H22N2O/c1-3-14-11-8-12-16-17(13-22-18(14)16)20(23)19(21-4-2)15-9-6-5-7-10-15/h5-13,19,21-22H,3-4H2,1-2H3/p+1/t19-/m0/s1. The lowest BCUT2D eigenvalue weighted by Gasteiger charge is -2.13. The van der Waals surface area contributed by atoms with Crippen molar-refractivity contribution in [3.05, 3.63) is 71.4 Å². The summed E-state index contributed by atoms with van der Waals surface area (Å²) in [7, 11) is 0. The number of aromatic nitrogens is 1. The van der Waals surface area contributed by atoms with Crippen LogP contribution < -0.4 is 5.32 Å². The molecule has 3 nitrogen and oxygen atoms in total. The van der Waals surface area contributed by atoms with Crippen LogP contribution in [0.3, 0.4) is 0 Å². The Kier molecular flexibility index (Phi) is 4.58. The Labute approximate surface area is 136 Å². The Morgan fingerprint density at radius 2 is 1.87 bits per heavy atom. The molecule has 1 aromatic heterocycles. The number of benzene rings is 2. The molecule has 3 N–H and O–H groups in total. The number of aromatic amines is 1. The second-order valence-electron chi connectivity index (χ2n) is 5.79. The summed E-state index contributed by atoms with van der Waals surface area (Å²) in [6.45, 7) is 5.08. The quantitative estimate of drug-likeness (QED) is 0.675. The molecular formula is C20H23N2O+. The van der Waals surface area contributed by atoms with Crippen LogP contribution in [-0.2, 0) is 6.42 Å². The molecule has 0 unspecified atom stereocenters. The Morgan fingerprint density at radius 1 is 1.09 bits per heavy atom. The van der Waals surface area contributed by atoms with E-state index in [0.29, 0.717) is 0 Å². The number of aryl methyl sites for hydroxylation is 1. The monoisotopic (exact) mass is 307 g/mol. The fraction of sp³-hybridized carbons (Fsp3) is 0.250. The number of hydrogen-bond donors (Lipinski definition) is 2. The highest BCUT2D eigenvalue weighted by Crippen LogP contribution is 2.25. The van der Waals surface area contributed by atoms with E-state index in [-0.39, 0.29) is 11.8 Å². The SMILES string of the molecule is CC[NH2+][C@H](C(=O)c1c[nH]c2c(CC)cccc12)c1ccccc1. The van der Waals surface area contributed by atoms with Crippen molar-refractivity contribution >= 4 is 16.7 Å². The lowest BCUT2D eigenvalue weighted by Crippen LogP contribution is -2.86. The zero-order chi connectivity index (χ0) is 16.2. The first-order valence-electron chi connectivity index (χ1n) is 8.27. The van der Waals surface area contributed by atoms with Gasteiger partial charge in [-0.1, -0.05) is 55.5 Å². The number of hydrogen-bond acceptors (Lipinski definition) is 1. The van der Waals surface area contributed by atoms with E-state index in [0.717, 1.165) is 35.0 Å². The zero-order valence-corrected chi connectivity index (χ0v) is 13.7. The summed E-state index contributed by atoms with van der Waals surface area (Å²) >= 11 is 0. The molecule has 3 heteroatoms. The number of nitrogens with two attached hydrogens (primary N) is 1. The molecule has 0 saturated carbocycles. The summed E-state index contributed by atoms with van der Waals surface area (Å²) in [5, 5.41) is 3.12. The van der Waals surface area contributed by atoms with Crippen LogP contribution in [0.25, 0.3) is 10.9 Å². The fourth-order valence-corrected chi connectivity index (χ4v) is 3.17. The predicted octanol–water partition coefficient (Wildman–Crippen LogP) is 3.24. The summed E-state index contributed by atoms with van der Waals surface area (Å²) in [5.74, 6) is 0.164. The molecule has 0 aliphatic carbocycles. The topological polar surface area (TPSA) is 49.5 Å². The van der Waals surface area contributed by atoms with Crippen molar-refractivity contribution in [2.75, 3.05) is 6.54 Å². The predicted molar refractivity (Wildman–Crippen MR) is 93.7 cm³/mol. The number of rotatable bonds is 6. The van der Waals surface area contributed by atoms with Crippen molar-refractivity contribution in [3.8, 4) is 0 Å². The van der Waals surface area contributed by atoms with E-state index in [2.05, 4.69) is 30.2 Å². The molecule has 0 saturated heterocycles. The third kappa shape index (κ3) is 2.92. The molecule has 3 aromatic rings. The number of ketones is 1. The maximum atomic E-state index is 13.2. The van der Waals surface area contributed by atoms with Crippen molar-refractivity contribution in [1.82, 2.24) is 4.98 Å². The Bertz CT molecular complexity index is 805. The van der Waals surface area contributed by atoms with E-state index >= 15 is 0 Å². The van der Waals surface area contributed by atoms with Gasteiger partial charge >= 0.3 is 0 Å². The number of likely N-dealkylation sites (N-methyl/N-ethyl adjacent to an activating group) is 1. The van der Waals surface area contributed by atoms with Crippen LogP contribution in [0.15, 0.2) is 54.7 Å². The van der Waals surface area contributed by atoms with Gasteiger partial charge in [-0.15, -0.1) is 0 Å². The molecule has 0 fully saturated rings. The molecule has 0 aliphatic heterocycles. The van der Waals surface area contributed by atoms with Crippen molar-refractivity contribution in [1.29, 1.82) is 0 Å². The van der Waals surface area contributed by atoms with Gasteiger partial charge in [0.25, 0.3) is 0 Å². The molecule has 2 aromatic carbocycles. The van der Waals surface area contributed by atoms with Gasteiger partial charge in [0.05, 0.1) is 6.54 Å². The molecule has 1 atom stereocenters. The van der Waals surface area contributed by atoms with Crippen molar-refractivity contribution in [2.24, 2.45) is 0 Å².